The first kappa shape index (κ1) is 19.2. The third-order valence-corrected chi connectivity index (χ3v) is 6.45. The maximum Gasteiger partial charge on any atom is 0.255 e. The number of benzene rings is 1. The molecular weight excluding hydrogens is 350 g/mol. The second-order valence-corrected chi connectivity index (χ2v) is 8.78. The second kappa shape index (κ2) is 7.82. The molecule has 0 unspecified atom stereocenters. The Labute approximate surface area is 149 Å². The molecule has 24 heavy (non-hydrogen) atoms. The van der Waals surface area contributed by atoms with Gasteiger partial charge < -0.3 is 9.80 Å². The van der Waals surface area contributed by atoms with Gasteiger partial charge in [-0.15, -0.1) is 0 Å². The Morgan fingerprint density at radius 1 is 1.29 bits per heavy atom. The molecule has 0 aliphatic carbocycles. The largest absolute Gasteiger partial charge is 0.332 e. The van der Waals surface area contributed by atoms with Crippen molar-refractivity contribution in [1.82, 2.24) is 9.21 Å². The summed E-state index contributed by atoms with van der Waals surface area (Å²) in [7, 11) is -0.678. The lowest BCUT2D eigenvalue weighted by Gasteiger charge is -2.32. The molecule has 1 heterocycles. The van der Waals surface area contributed by atoms with E-state index in [9.17, 15) is 13.2 Å². The maximum atomic E-state index is 12.8. The van der Waals surface area contributed by atoms with E-state index in [0.29, 0.717) is 13.1 Å². The number of halogens is 1. The highest BCUT2D eigenvalue weighted by Gasteiger charge is 2.27. The van der Waals surface area contributed by atoms with E-state index >= 15 is 0 Å². The molecule has 6 nitrogen and oxygen atoms in total. The van der Waals surface area contributed by atoms with Crippen LogP contribution in [0.2, 0.25) is 5.02 Å². The summed E-state index contributed by atoms with van der Waals surface area (Å²) in [6, 6.07) is 4.28. The summed E-state index contributed by atoms with van der Waals surface area (Å²) in [4.78, 5) is 16.1. The summed E-state index contributed by atoms with van der Waals surface area (Å²) in [6.45, 7) is 6.41. The van der Waals surface area contributed by atoms with Crippen LogP contribution in [0.25, 0.3) is 0 Å². The SMILES string of the molecule is CCC[NH+]1CCN(C(=O)c2cc(S(=O)(=O)N(C)C)ccc2Cl)CC1. The third kappa shape index (κ3) is 4.08. The minimum atomic E-state index is -3.60. The van der Waals surface area contributed by atoms with Crippen LogP contribution >= 0.6 is 11.6 Å². The van der Waals surface area contributed by atoms with Crippen LogP contribution in [0, 0.1) is 0 Å². The van der Waals surface area contributed by atoms with Crippen molar-refractivity contribution in [1.29, 1.82) is 0 Å². The van der Waals surface area contributed by atoms with Crippen molar-refractivity contribution in [2.75, 3.05) is 46.8 Å². The fourth-order valence-corrected chi connectivity index (χ4v) is 3.97. The number of quaternary nitrogens is 1. The molecule has 1 amide bonds. The Balaban J connectivity index is 2.21. The highest BCUT2D eigenvalue weighted by Crippen LogP contribution is 2.23. The van der Waals surface area contributed by atoms with Crippen LogP contribution < -0.4 is 4.90 Å². The first-order valence-electron chi connectivity index (χ1n) is 8.12. The number of rotatable bonds is 5. The van der Waals surface area contributed by atoms with E-state index in [4.69, 9.17) is 11.6 Å². The van der Waals surface area contributed by atoms with Gasteiger partial charge in [-0.25, -0.2) is 12.7 Å². The normalized spacial score (nSPS) is 16.6. The van der Waals surface area contributed by atoms with E-state index in [0.717, 1.165) is 30.4 Å². The van der Waals surface area contributed by atoms with Gasteiger partial charge in [0.15, 0.2) is 0 Å². The van der Waals surface area contributed by atoms with E-state index in [1.54, 1.807) is 4.90 Å². The molecule has 0 aromatic heterocycles. The van der Waals surface area contributed by atoms with Crippen LogP contribution in [0.1, 0.15) is 23.7 Å². The van der Waals surface area contributed by atoms with Crippen molar-refractivity contribution < 1.29 is 18.1 Å². The molecule has 1 aromatic rings. The fraction of sp³-hybridized carbons (Fsp3) is 0.562. The molecule has 1 fully saturated rings. The minimum absolute atomic E-state index is 0.0792. The van der Waals surface area contributed by atoms with E-state index < -0.39 is 10.0 Å². The molecule has 0 spiro atoms. The van der Waals surface area contributed by atoms with Crippen molar-refractivity contribution >= 4 is 27.5 Å². The summed E-state index contributed by atoms with van der Waals surface area (Å²) in [5.41, 5.74) is 0.249. The standard InChI is InChI=1S/C16H24ClN3O3S/c1-4-7-19-8-10-20(11-9-19)16(21)14-12-13(5-6-15(14)17)24(22,23)18(2)3/h5-6,12H,4,7-11H2,1-3H3/p+1. The van der Waals surface area contributed by atoms with Gasteiger partial charge >= 0.3 is 0 Å². The number of nitrogens with one attached hydrogen (secondary N) is 1. The van der Waals surface area contributed by atoms with Gasteiger partial charge in [0, 0.05) is 14.1 Å². The second-order valence-electron chi connectivity index (χ2n) is 6.22. The predicted molar refractivity (Wildman–Crippen MR) is 94.1 cm³/mol. The highest BCUT2D eigenvalue weighted by molar-refractivity contribution is 7.89. The molecule has 134 valence electrons. The lowest BCUT2D eigenvalue weighted by atomic mass is 10.1. The summed E-state index contributed by atoms with van der Waals surface area (Å²) < 4.78 is 25.7. The molecule has 1 aliphatic heterocycles. The Morgan fingerprint density at radius 3 is 2.46 bits per heavy atom. The van der Waals surface area contributed by atoms with Crippen LogP contribution in [-0.2, 0) is 10.0 Å². The van der Waals surface area contributed by atoms with E-state index in [1.165, 1.54) is 37.2 Å². The van der Waals surface area contributed by atoms with Crippen LogP contribution in [0.15, 0.2) is 23.1 Å². The average Bonchev–Trinajstić information content (AvgIpc) is 2.55. The third-order valence-electron chi connectivity index (χ3n) is 4.31. The number of amides is 1. The summed E-state index contributed by atoms with van der Waals surface area (Å²) >= 11 is 6.16. The lowest BCUT2D eigenvalue weighted by Crippen LogP contribution is -3.14. The molecule has 1 saturated heterocycles. The molecule has 1 N–H and O–H groups in total. The Bertz CT molecular complexity index is 699. The van der Waals surface area contributed by atoms with Crippen molar-refractivity contribution in [3.63, 3.8) is 0 Å². The zero-order valence-corrected chi connectivity index (χ0v) is 16.0. The molecule has 2 rings (SSSR count). The topological polar surface area (TPSA) is 62.1 Å². The minimum Gasteiger partial charge on any atom is -0.332 e. The number of piperazine rings is 1. The smallest absolute Gasteiger partial charge is 0.255 e. The van der Waals surface area contributed by atoms with Gasteiger partial charge in [-0.2, -0.15) is 0 Å². The van der Waals surface area contributed by atoms with E-state index in [1.807, 2.05) is 0 Å². The van der Waals surface area contributed by atoms with Crippen molar-refractivity contribution in [2.24, 2.45) is 0 Å². The highest BCUT2D eigenvalue weighted by atomic mass is 35.5. The van der Waals surface area contributed by atoms with E-state index in [-0.39, 0.29) is 21.4 Å². The summed E-state index contributed by atoms with van der Waals surface area (Å²) in [5.74, 6) is -0.202. The molecule has 1 aliphatic rings. The zero-order valence-electron chi connectivity index (χ0n) is 14.4. The van der Waals surface area contributed by atoms with Crippen LogP contribution in [0.4, 0.5) is 0 Å². The number of carbonyl (C=O) groups is 1. The average molecular weight is 375 g/mol. The van der Waals surface area contributed by atoms with E-state index in [2.05, 4.69) is 6.92 Å². The van der Waals surface area contributed by atoms with Gasteiger partial charge in [0.2, 0.25) is 10.0 Å². The fourth-order valence-electron chi connectivity index (χ4n) is 2.84. The quantitative estimate of drug-likeness (QED) is 0.808. The molecular formula is C16H25ClN3O3S+. The summed E-state index contributed by atoms with van der Waals surface area (Å²) in [6.07, 6.45) is 1.12. The van der Waals surface area contributed by atoms with Crippen molar-refractivity contribution in [3.05, 3.63) is 28.8 Å². The Kier molecular flexibility index (Phi) is 6.25. The first-order valence-corrected chi connectivity index (χ1v) is 9.94. The van der Waals surface area contributed by atoms with Crippen LogP contribution in [0.3, 0.4) is 0 Å². The predicted octanol–water partition coefficient (Wildman–Crippen LogP) is 0.341. The maximum absolute atomic E-state index is 12.8. The molecule has 1 aromatic carbocycles. The molecule has 0 bridgehead atoms. The number of sulfonamides is 1. The Hall–Kier alpha value is -1.15. The van der Waals surface area contributed by atoms with Crippen LogP contribution in [-0.4, -0.2) is 70.3 Å². The lowest BCUT2D eigenvalue weighted by molar-refractivity contribution is -0.904. The molecule has 0 radical (unpaired) electrons. The van der Waals surface area contributed by atoms with Crippen molar-refractivity contribution in [2.45, 2.75) is 18.2 Å². The van der Waals surface area contributed by atoms with Gasteiger partial charge in [-0.05, 0) is 24.6 Å². The van der Waals surface area contributed by atoms with Gasteiger partial charge in [-0.1, -0.05) is 18.5 Å². The van der Waals surface area contributed by atoms with Gasteiger partial charge in [0.05, 0.1) is 48.2 Å². The van der Waals surface area contributed by atoms with Crippen LogP contribution in [0.5, 0.6) is 0 Å². The first-order chi connectivity index (χ1) is 11.3. The van der Waals surface area contributed by atoms with Gasteiger partial charge in [0.1, 0.15) is 0 Å². The van der Waals surface area contributed by atoms with Crippen molar-refractivity contribution in [3.8, 4) is 0 Å². The zero-order chi connectivity index (χ0) is 17.9. The molecule has 0 atom stereocenters. The molecule has 8 heteroatoms. The number of carbonyl (C=O) groups excluding carboxylic acids is 1. The molecule has 0 saturated carbocycles. The van der Waals surface area contributed by atoms with Gasteiger partial charge in [-0.3, -0.25) is 4.79 Å². The number of hydrogen-bond donors (Lipinski definition) is 1. The Morgan fingerprint density at radius 2 is 1.92 bits per heavy atom. The number of nitrogens with zero attached hydrogens (tertiary/aromatic N) is 2. The monoisotopic (exact) mass is 374 g/mol. The van der Waals surface area contributed by atoms with Gasteiger partial charge in [0.25, 0.3) is 5.91 Å². The summed E-state index contributed by atoms with van der Waals surface area (Å²) in [5, 5.41) is 0.279. The number of hydrogen-bond acceptors (Lipinski definition) is 3.